The van der Waals surface area contributed by atoms with Gasteiger partial charge in [0.2, 0.25) is 11.7 Å². The summed E-state index contributed by atoms with van der Waals surface area (Å²) in [4.78, 5) is 24.2. The van der Waals surface area contributed by atoms with Gasteiger partial charge in [0, 0.05) is 17.8 Å². The Hall–Kier alpha value is -4.54. The number of nitrogens with zero attached hydrogens (tertiary/aromatic N) is 4. The second-order valence-corrected chi connectivity index (χ2v) is 7.10. The lowest BCUT2D eigenvalue weighted by Gasteiger charge is -2.14. The average Bonchev–Trinajstić information content (AvgIpc) is 3.45. The number of benzene rings is 2. The quantitative estimate of drug-likeness (QED) is 0.282. The van der Waals surface area contributed by atoms with E-state index >= 15 is 0 Å². The molecule has 5 rings (SSSR count). The van der Waals surface area contributed by atoms with Gasteiger partial charge in [-0.3, -0.25) is 0 Å². The van der Waals surface area contributed by atoms with Gasteiger partial charge in [-0.25, -0.2) is 15.0 Å². The van der Waals surface area contributed by atoms with Crippen molar-refractivity contribution in [2.24, 2.45) is 0 Å². The van der Waals surface area contributed by atoms with E-state index in [2.05, 4.69) is 40.5 Å². The molecule has 0 aliphatic carbocycles. The average molecular weight is 446 g/mol. The van der Waals surface area contributed by atoms with Gasteiger partial charge in [-0.2, -0.15) is 4.98 Å². The summed E-state index contributed by atoms with van der Waals surface area (Å²) in [6.45, 7) is 0.468. The van der Waals surface area contributed by atoms with Crippen molar-refractivity contribution < 1.29 is 14.2 Å². The summed E-state index contributed by atoms with van der Waals surface area (Å²) in [5, 5.41) is 6.51. The van der Waals surface area contributed by atoms with Crippen molar-refractivity contribution in [2.75, 3.05) is 32.0 Å². The van der Waals surface area contributed by atoms with E-state index in [0.29, 0.717) is 52.4 Å². The van der Waals surface area contributed by atoms with Gasteiger partial charge in [-0.1, -0.05) is 12.1 Å². The number of anilines is 3. The van der Waals surface area contributed by atoms with E-state index in [9.17, 15) is 0 Å². The summed E-state index contributed by atoms with van der Waals surface area (Å²) in [5.41, 5.74) is 3.80. The van der Waals surface area contributed by atoms with Crippen LogP contribution >= 0.6 is 0 Å². The summed E-state index contributed by atoms with van der Waals surface area (Å²) in [7, 11) is 4.70. The summed E-state index contributed by atoms with van der Waals surface area (Å²) in [6, 6.07) is 11.5. The van der Waals surface area contributed by atoms with Crippen LogP contribution in [0.1, 0.15) is 5.82 Å². The Labute approximate surface area is 188 Å². The summed E-state index contributed by atoms with van der Waals surface area (Å²) >= 11 is 0. The molecule has 3 aromatic heterocycles. The molecule has 2 aromatic carbocycles. The third-order valence-corrected chi connectivity index (χ3v) is 5.08. The monoisotopic (exact) mass is 446 g/mol. The first kappa shape index (κ1) is 20.4. The maximum Gasteiger partial charge on any atom is 0.207 e. The molecule has 0 fully saturated rings. The van der Waals surface area contributed by atoms with Crippen molar-refractivity contribution in [1.29, 1.82) is 0 Å². The van der Waals surface area contributed by atoms with Crippen molar-refractivity contribution >= 4 is 39.7 Å². The van der Waals surface area contributed by atoms with Crippen LogP contribution in [0.4, 0.5) is 17.5 Å². The standard InChI is InChI=1S/C22H22N8O3/c1-31-15-8-12(9-16(32-2)19(15)33-3)26-22-29-18-20(24-11-25-21(18)30-22)23-10-17-27-13-6-4-5-7-14(13)28-17/h4-9,11H,10H2,1-3H3,(H,27,28)(H3,23,24,25,26,29,30). The fraction of sp³-hybridized carbons (Fsp3) is 0.182. The minimum Gasteiger partial charge on any atom is -0.493 e. The van der Waals surface area contributed by atoms with E-state index in [1.165, 1.54) is 6.33 Å². The van der Waals surface area contributed by atoms with Crippen LogP contribution in [0.2, 0.25) is 0 Å². The lowest BCUT2D eigenvalue weighted by atomic mass is 10.2. The Morgan fingerprint density at radius 2 is 1.70 bits per heavy atom. The number of H-pyrrole nitrogens is 2. The van der Waals surface area contributed by atoms with Crippen LogP contribution in [0, 0.1) is 0 Å². The van der Waals surface area contributed by atoms with Crippen LogP contribution in [0.5, 0.6) is 17.2 Å². The zero-order chi connectivity index (χ0) is 22.8. The van der Waals surface area contributed by atoms with Crippen LogP contribution in [0.3, 0.4) is 0 Å². The molecule has 0 saturated heterocycles. The number of methoxy groups -OCH3 is 3. The number of aromatic amines is 2. The number of rotatable bonds is 8. The first-order valence-electron chi connectivity index (χ1n) is 10.1. The van der Waals surface area contributed by atoms with Crippen LogP contribution in [-0.2, 0) is 6.54 Å². The van der Waals surface area contributed by atoms with Crippen molar-refractivity contribution in [2.45, 2.75) is 6.54 Å². The number of para-hydroxylation sites is 2. The molecule has 0 aliphatic rings. The molecule has 5 aromatic rings. The van der Waals surface area contributed by atoms with E-state index in [1.807, 2.05) is 24.3 Å². The predicted octanol–water partition coefficient (Wildman–Crippen LogP) is 3.61. The largest absolute Gasteiger partial charge is 0.493 e. The SMILES string of the molecule is COc1cc(Nc2nc3ncnc(NCc4nc5ccccc5[nH]4)c3[nH]2)cc(OC)c1OC. The first-order chi connectivity index (χ1) is 16.2. The number of hydrogen-bond donors (Lipinski definition) is 4. The third-order valence-electron chi connectivity index (χ3n) is 5.08. The highest BCUT2D eigenvalue weighted by atomic mass is 16.5. The Morgan fingerprint density at radius 3 is 2.42 bits per heavy atom. The van der Waals surface area contributed by atoms with Crippen LogP contribution < -0.4 is 24.8 Å². The molecule has 3 heterocycles. The summed E-state index contributed by atoms with van der Waals surface area (Å²) in [5.74, 6) is 3.49. The van der Waals surface area contributed by atoms with E-state index < -0.39 is 0 Å². The zero-order valence-electron chi connectivity index (χ0n) is 18.3. The third kappa shape index (κ3) is 3.91. The molecule has 0 aliphatic heterocycles. The van der Waals surface area contributed by atoms with E-state index in [1.54, 1.807) is 33.5 Å². The van der Waals surface area contributed by atoms with Crippen LogP contribution in [0.15, 0.2) is 42.7 Å². The summed E-state index contributed by atoms with van der Waals surface area (Å²) < 4.78 is 16.2. The molecule has 0 saturated carbocycles. The van der Waals surface area contributed by atoms with E-state index in [-0.39, 0.29) is 0 Å². The maximum atomic E-state index is 5.41. The fourth-order valence-electron chi connectivity index (χ4n) is 3.57. The number of fused-ring (bicyclic) bond motifs is 2. The second kappa shape index (κ2) is 8.54. The topological polar surface area (TPSA) is 135 Å². The van der Waals surface area contributed by atoms with Crippen molar-refractivity contribution in [3.8, 4) is 17.2 Å². The number of hydrogen-bond acceptors (Lipinski definition) is 9. The van der Waals surface area contributed by atoms with Gasteiger partial charge in [0.05, 0.1) is 38.9 Å². The van der Waals surface area contributed by atoms with Gasteiger partial charge in [-0.05, 0) is 12.1 Å². The highest BCUT2D eigenvalue weighted by molar-refractivity contribution is 5.85. The molecule has 33 heavy (non-hydrogen) atoms. The van der Waals surface area contributed by atoms with Gasteiger partial charge in [0.25, 0.3) is 0 Å². The lowest BCUT2D eigenvalue weighted by Crippen LogP contribution is -2.04. The molecule has 0 unspecified atom stereocenters. The highest BCUT2D eigenvalue weighted by Gasteiger charge is 2.15. The number of ether oxygens (including phenoxy) is 3. The molecule has 0 amide bonds. The van der Waals surface area contributed by atoms with Crippen LogP contribution in [0.25, 0.3) is 22.2 Å². The number of aromatic nitrogens is 6. The Balaban J connectivity index is 1.39. The number of nitrogens with one attached hydrogen (secondary N) is 4. The predicted molar refractivity (Wildman–Crippen MR) is 124 cm³/mol. The normalized spacial score (nSPS) is 11.0. The van der Waals surface area contributed by atoms with Crippen molar-refractivity contribution in [3.63, 3.8) is 0 Å². The Bertz CT molecular complexity index is 1370. The Kier molecular flexibility index (Phi) is 5.27. The molecule has 0 spiro atoms. The zero-order valence-corrected chi connectivity index (χ0v) is 18.3. The van der Waals surface area contributed by atoms with Crippen molar-refractivity contribution in [1.82, 2.24) is 29.9 Å². The molecule has 168 valence electrons. The van der Waals surface area contributed by atoms with Gasteiger partial charge in [-0.15, -0.1) is 0 Å². The fourth-order valence-corrected chi connectivity index (χ4v) is 3.57. The smallest absolute Gasteiger partial charge is 0.207 e. The molecular weight excluding hydrogens is 424 g/mol. The van der Waals surface area contributed by atoms with Gasteiger partial charge in [0.15, 0.2) is 23.0 Å². The van der Waals surface area contributed by atoms with E-state index in [0.717, 1.165) is 16.9 Å². The minimum absolute atomic E-state index is 0.468. The molecule has 11 heteroatoms. The molecule has 0 radical (unpaired) electrons. The van der Waals surface area contributed by atoms with Gasteiger partial charge < -0.3 is 34.8 Å². The highest BCUT2D eigenvalue weighted by Crippen LogP contribution is 2.40. The second-order valence-electron chi connectivity index (χ2n) is 7.10. The van der Waals surface area contributed by atoms with Crippen LogP contribution in [-0.4, -0.2) is 51.2 Å². The minimum atomic E-state index is 0.468. The summed E-state index contributed by atoms with van der Waals surface area (Å²) in [6.07, 6.45) is 1.47. The molecule has 11 nitrogen and oxygen atoms in total. The first-order valence-corrected chi connectivity index (χ1v) is 10.1. The van der Waals surface area contributed by atoms with Gasteiger partial charge in [0.1, 0.15) is 17.7 Å². The maximum absolute atomic E-state index is 5.41. The molecular formula is C22H22N8O3. The lowest BCUT2D eigenvalue weighted by molar-refractivity contribution is 0.324. The Morgan fingerprint density at radius 1 is 0.909 bits per heavy atom. The number of imidazole rings is 2. The molecule has 4 N–H and O–H groups in total. The molecule has 0 bridgehead atoms. The van der Waals surface area contributed by atoms with Gasteiger partial charge >= 0.3 is 0 Å². The van der Waals surface area contributed by atoms with E-state index in [4.69, 9.17) is 14.2 Å². The molecule has 0 atom stereocenters. The van der Waals surface area contributed by atoms with Crippen molar-refractivity contribution in [3.05, 3.63) is 48.5 Å².